The van der Waals surface area contributed by atoms with Crippen LogP contribution in [0.4, 0.5) is 0 Å². The maximum absolute atomic E-state index is 11.6. The molecule has 4 nitrogen and oxygen atoms in total. The molecule has 0 radical (unpaired) electrons. The summed E-state index contributed by atoms with van der Waals surface area (Å²) in [5, 5.41) is 8.84. The van der Waals surface area contributed by atoms with Crippen molar-refractivity contribution in [1.29, 1.82) is 0 Å². The minimum absolute atomic E-state index is 0.0381. The van der Waals surface area contributed by atoms with Crippen molar-refractivity contribution in [3.63, 3.8) is 0 Å². The number of aliphatic hydroxyl groups is 1. The third-order valence-corrected chi connectivity index (χ3v) is 3.73. The van der Waals surface area contributed by atoms with Gasteiger partial charge in [0.25, 0.3) is 0 Å². The number of rotatable bonds is 4. The molecule has 0 aliphatic heterocycles. The minimum Gasteiger partial charge on any atom is -0.461 e. The Balaban J connectivity index is 2.60. The van der Waals surface area contributed by atoms with Crippen LogP contribution in [0.15, 0.2) is 0 Å². The highest BCUT2D eigenvalue weighted by molar-refractivity contribution is 5.75. The van der Waals surface area contributed by atoms with Gasteiger partial charge in [0.1, 0.15) is 12.1 Å². The van der Waals surface area contributed by atoms with E-state index in [4.69, 9.17) is 15.6 Å². The van der Waals surface area contributed by atoms with Gasteiger partial charge < -0.3 is 15.6 Å². The van der Waals surface area contributed by atoms with Gasteiger partial charge >= 0.3 is 5.97 Å². The summed E-state index contributed by atoms with van der Waals surface area (Å²) >= 11 is 0. The number of carbonyl (C=O) groups excluding carboxylic acids is 1. The van der Waals surface area contributed by atoms with Crippen molar-refractivity contribution in [2.45, 2.75) is 52.2 Å². The van der Waals surface area contributed by atoms with Crippen LogP contribution in [0.1, 0.15) is 40.0 Å². The Morgan fingerprint density at radius 3 is 2.65 bits per heavy atom. The van der Waals surface area contributed by atoms with Crippen LogP contribution < -0.4 is 5.73 Å². The molecule has 0 aromatic carbocycles. The van der Waals surface area contributed by atoms with Crippen LogP contribution in [-0.4, -0.2) is 29.8 Å². The molecule has 0 amide bonds. The monoisotopic (exact) mass is 243 g/mol. The molecular formula is C13H25NO3. The molecule has 1 rings (SSSR count). The van der Waals surface area contributed by atoms with Crippen molar-refractivity contribution in [2.75, 3.05) is 6.61 Å². The Bertz CT molecular complexity index is 255. The SMILES string of the molecule is CC1CCC(C(C)C)C(OC(=O)[C@H](N)CO)C1. The largest absolute Gasteiger partial charge is 0.461 e. The van der Waals surface area contributed by atoms with Crippen LogP contribution in [-0.2, 0) is 9.53 Å². The molecule has 0 bridgehead atoms. The number of carbonyl (C=O) groups is 1. The Kier molecular flexibility index (Phi) is 5.40. The zero-order valence-corrected chi connectivity index (χ0v) is 11.1. The topological polar surface area (TPSA) is 72.5 Å². The number of hydrogen-bond acceptors (Lipinski definition) is 4. The van der Waals surface area contributed by atoms with Gasteiger partial charge in [-0.2, -0.15) is 0 Å². The number of esters is 1. The Labute approximate surface area is 104 Å². The standard InChI is InChI=1S/C13H25NO3/c1-8(2)10-5-4-9(3)6-12(10)17-13(16)11(14)7-15/h8-12,15H,4-7,14H2,1-3H3/t9?,10?,11-,12?/m1/s1. The van der Waals surface area contributed by atoms with Crippen LogP contribution >= 0.6 is 0 Å². The maximum atomic E-state index is 11.6. The first-order chi connectivity index (χ1) is 7.95. The van der Waals surface area contributed by atoms with E-state index in [1.807, 2.05) is 0 Å². The highest BCUT2D eigenvalue weighted by atomic mass is 16.5. The van der Waals surface area contributed by atoms with Crippen LogP contribution in [0.3, 0.4) is 0 Å². The number of aliphatic hydroxyl groups excluding tert-OH is 1. The van der Waals surface area contributed by atoms with Crippen molar-refractivity contribution in [3.8, 4) is 0 Å². The van der Waals surface area contributed by atoms with E-state index in [-0.39, 0.29) is 12.7 Å². The molecule has 1 aliphatic rings. The Hall–Kier alpha value is -0.610. The van der Waals surface area contributed by atoms with Gasteiger partial charge in [-0.3, -0.25) is 4.79 Å². The lowest BCUT2D eigenvalue weighted by molar-refractivity contribution is -0.158. The molecule has 0 saturated heterocycles. The first-order valence-electron chi connectivity index (χ1n) is 6.52. The minimum atomic E-state index is -0.903. The van der Waals surface area contributed by atoms with Crippen molar-refractivity contribution in [3.05, 3.63) is 0 Å². The highest BCUT2D eigenvalue weighted by Gasteiger charge is 2.34. The molecule has 0 aromatic rings. The molecule has 3 N–H and O–H groups in total. The van der Waals surface area contributed by atoms with Crippen molar-refractivity contribution in [1.82, 2.24) is 0 Å². The smallest absolute Gasteiger partial charge is 0.325 e. The van der Waals surface area contributed by atoms with E-state index in [9.17, 15) is 4.79 Å². The molecule has 0 aromatic heterocycles. The van der Waals surface area contributed by atoms with Gasteiger partial charge in [-0.05, 0) is 30.6 Å². The van der Waals surface area contributed by atoms with Crippen LogP contribution in [0.2, 0.25) is 0 Å². The average Bonchev–Trinajstić information content (AvgIpc) is 2.27. The van der Waals surface area contributed by atoms with E-state index in [0.29, 0.717) is 17.8 Å². The number of ether oxygens (including phenoxy) is 1. The second kappa shape index (κ2) is 6.36. The highest BCUT2D eigenvalue weighted by Crippen LogP contribution is 2.35. The van der Waals surface area contributed by atoms with Gasteiger partial charge in [0.05, 0.1) is 6.61 Å². The maximum Gasteiger partial charge on any atom is 0.325 e. The summed E-state index contributed by atoms with van der Waals surface area (Å²) in [6.45, 7) is 6.15. The molecule has 1 aliphatic carbocycles. The van der Waals surface area contributed by atoms with Crippen LogP contribution in [0, 0.1) is 17.8 Å². The molecule has 1 fully saturated rings. The fourth-order valence-electron chi connectivity index (χ4n) is 2.56. The second-order valence-corrected chi connectivity index (χ2v) is 5.59. The first-order valence-corrected chi connectivity index (χ1v) is 6.52. The van der Waals surface area contributed by atoms with E-state index in [1.54, 1.807) is 0 Å². The molecular weight excluding hydrogens is 218 g/mol. The van der Waals surface area contributed by atoms with E-state index in [2.05, 4.69) is 20.8 Å². The molecule has 0 heterocycles. The van der Waals surface area contributed by atoms with E-state index >= 15 is 0 Å². The predicted molar refractivity (Wildman–Crippen MR) is 66.3 cm³/mol. The molecule has 100 valence electrons. The number of hydrogen-bond donors (Lipinski definition) is 2. The molecule has 4 atom stereocenters. The zero-order valence-electron chi connectivity index (χ0n) is 11.1. The third-order valence-electron chi connectivity index (χ3n) is 3.73. The predicted octanol–water partition coefficient (Wildman–Crippen LogP) is 1.31. The van der Waals surface area contributed by atoms with Gasteiger partial charge in [-0.1, -0.05) is 27.2 Å². The van der Waals surface area contributed by atoms with Gasteiger partial charge in [-0.25, -0.2) is 0 Å². The lowest BCUT2D eigenvalue weighted by atomic mass is 9.75. The average molecular weight is 243 g/mol. The van der Waals surface area contributed by atoms with Gasteiger partial charge in [0, 0.05) is 0 Å². The molecule has 17 heavy (non-hydrogen) atoms. The Morgan fingerprint density at radius 1 is 1.47 bits per heavy atom. The normalized spacial score (nSPS) is 31.3. The summed E-state index contributed by atoms with van der Waals surface area (Å²) in [5.74, 6) is 1.04. The van der Waals surface area contributed by atoms with E-state index in [1.165, 1.54) is 6.42 Å². The fraction of sp³-hybridized carbons (Fsp3) is 0.923. The van der Waals surface area contributed by atoms with Gasteiger partial charge in [0.15, 0.2) is 0 Å². The van der Waals surface area contributed by atoms with E-state index < -0.39 is 12.0 Å². The van der Waals surface area contributed by atoms with Crippen LogP contribution in [0.25, 0.3) is 0 Å². The quantitative estimate of drug-likeness (QED) is 0.730. The lowest BCUT2D eigenvalue weighted by Gasteiger charge is -2.37. The summed E-state index contributed by atoms with van der Waals surface area (Å²) in [6, 6.07) is -0.903. The molecule has 0 spiro atoms. The molecule has 1 saturated carbocycles. The van der Waals surface area contributed by atoms with Crippen molar-refractivity contribution in [2.24, 2.45) is 23.5 Å². The van der Waals surface area contributed by atoms with Gasteiger partial charge in [-0.15, -0.1) is 0 Å². The first kappa shape index (κ1) is 14.5. The summed E-state index contributed by atoms with van der Waals surface area (Å²) < 4.78 is 5.46. The lowest BCUT2D eigenvalue weighted by Crippen LogP contribution is -2.42. The molecule has 3 unspecified atom stereocenters. The zero-order chi connectivity index (χ0) is 13.0. The third kappa shape index (κ3) is 3.96. The second-order valence-electron chi connectivity index (χ2n) is 5.59. The Morgan fingerprint density at radius 2 is 2.12 bits per heavy atom. The van der Waals surface area contributed by atoms with Crippen LogP contribution in [0.5, 0.6) is 0 Å². The fourth-order valence-corrected chi connectivity index (χ4v) is 2.56. The number of nitrogens with two attached hydrogens (primary N) is 1. The van der Waals surface area contributed by atoms with E-state index in [0.717, 1.165) is 12.8 Å². The van der Waals surface area contributed by atoms with Crippen molar-refractivity contribution < 1.29 is 14.6 Å². The van der Waals surface area contributed by atoms with Crippen molar-refractivity contribution >= 4 is 5.97 Å². The summed E-state index contributed by atoms with van der Waals surface area (Å²) in [5.41, 5.74) is 5.47. The summed E-state index contributed by atoms with van der Waals surface area (Å²) in [6.07, 6.45) is 3.17. The summed E-state index contributed by atoms with van der Waals surface area (Å²) in [4.78, 5) is 11.6. The molecule has 4 heteroatoms. The van der Waals surface area contributed by atoms with Gasteiger partial charge in [0.2, 0.25) is 0 Å². The summed E-state index contributed by atoms with van der Waals surface area (Å²) in [7, 11) is 0.